The molecule has 0 aromatic rings. The van der Waals surface area contributed by atoms with Gasteiger partial charge in [-0.05, 0) is 48.0 Å². The molecule has 2 aliphatic heterocycles. The molecule has 0 N–H and O–H groups in total. The summed E-state index contributed by atoms with van der Waals surface area (Å²) in [6.07, 6.45) is 1.59. The summed E-state index contributed by atoms with van der Waals surface area (Å²) in [5, 5.41) is 0. The van der Waals surface area contributed by atoms with Gasteiger partial charge in [0.25, 0.3) is 0 Å². The minimum absolute atomic E-state index is 0.0485. The number of carbonyl (C=O) groups excluding carboxylic acids is 3. The molecule has 27 heavy (non-hydrogen) atoms. The van der Waals surface area contributed by atoms with E-state index in [0.717, 1.165) is 0 Å². The molecule has 1 unspecified atom stereocenters. The van der Waals surface area contributed by atoms with Crippen LogP contribution in [-0.2, 0) is 19.1 Å². The summed E-state index contributed by atoms with van der Waals surface area (Å²) in [6, 6.07) is -1.24. The number of rotatable bonds is 3. The molecule has 0 bridgehead atoms. The number of esters is 1. The summed E-state index contributed by atoms with van der Waals surface area (Å²) in [7, 11) is 0. The second kappa shape index (κ2) is 7.17. The number of nitrogens with zero attached hydrogens (tertiary/aromatic N) is 2. The van der Waals surface area contributed by atoms with Crippen LogP contribution in [0.25, 0.3) is 0 Å². The Balaban J connectivity index is 2.34. The summed E-state index contributed by atoms with van der Waals surface area (Å²) in [4.78, 5) is 40.7. The molecular formula is C20H32N2O5. The zero-order valence-electron chi connectivity index (χ0n) is 17.4. The monoisotopic (exact) mass is 380 g/mol. The second-order valence-corrected chi connectivity index (χ2v) is 9.30. The van der Waals surface area contributed by atoms with Crippen molar-refractivity contribution in [3.8, 4) is 0 Å². The average Bonchev–Trinajstić information content (AvgIpc) is 3.16. The highest BCUT2D eigenvalue weighted by atomic mass is 16.6. The Labute approximate surface area is 161 Å². The van der Waals surface area contributed by atoms with Crippen molar-refractivity contribution in [2.75, 3.05) is 6.54 Å². The third-order valence-electron chi connectivity index (χ3n) is 4.63. The molecule has 2 fully saturated rings. The molecular weight excluding hydrogens is 348 g/mol. The largest absolute Gasteiger partial charge is 0.458 e. The van der Waals surface area contributed by atoms with Gasteiger partial charge in [0.05, 0.1) is 12.1 Å². The van der Waals surface area contributed by atoms with Crippen LogP contribution in [-0.4, -0.2) is 63.6 Å². The number of hydrogen-bond acceptors (Lipinski definition) is 5. The summed E-state index contributed by atoms with van der Waals surface area (Å²) in [5.41, 5.74) is -1.36. The van der Waals surface area contributed by atoms with Crippen molar-refractivity contribution in [1.82, 2.24) is 9.80 Å². The van der Waals surface area contributed by atoms with Crippen LogP contribution in [0.1, 0.15) is 54.9 Å². The molecule has 7 heteroatoms. The maximum Gasteiger partial charge on any atom is 0.411 e. The number of ether oxygens (including phenoxy) is 2. The van der Waals surface area contributed by atoms with Gasteiger partial charge in [-0.1, -0.05) is 6.08 Å². The molecule has 0 radical (unpaired) electrons. The third kappa shape index (κ3) is 5.02. The van der Waals surface area contributed by atoms with E-state index in [4.69, 9.17) is 9.47 Å². The Kier molecular flexibility index (Phi) is 5.64. The molecule has 0 aliphatic carbocycles. The van der Waals surface area contributed by atoms with E-state index in [2.05, 4.69) is 6.58 Å². The lowest BCUT2D eigenvalue weighted by Crippen LogP contribution is -2.51. The first kappa shape index (κ1) is 21.3. The van der Waals surface area contributed by atoms with Crippen LogP contribution in [0.2, 0.25) is 0 Å². The fourth-order valence-electron chi connectivity index (χ4n) is 3.58. The van der Waals surface area contributed by atoms with Crippen LogP contribution in [0.3, 0.4) is 0 Å². The van der Waals surface area contributed by atoms with Gasteiger partial charge in [-0.2, -0.15) is 0 Å². The van der Waals surface area contributed by atoms with Crippen molar-refractivity contribution in [2.45, 2.75) is 84.2 Å². The minimum Gasteiger partial charge on any atom is -0.458 e. The van der Waals surface area contributed by atoms with Crippen molar-refractivity contribution in [2.24, 2.45) is 5.92 Å². The highest BCUT2D eigenvalue weighted by Crippen LogP contribution is 2.40. The van der Waals surface area contributed by atoms with Gasteiger partial charge < -0.3 is 14.4 Å². The maximum absolute atomic E-state index is 13.0. The van der Waals surface area contributed by atoms with Crippen molar-refractivity contribution in [3.63, 3.8) is 0 Å². The van der Waals surface area contributed by atoms with Crippen LogP contribution < -0.4 is 0 Å². The van der Waals surface area contributed by atoms with Gasteiger partial charge in [0, 0.05) is 19.4 Å². The molecule has 2 amide bonds. The highest BCUT2D eigenvalue weighted by molar-refractivity contribution is 5.84. The predicted octanol–water partition coefficient (Wildman–Crippen LogP) is 2.74. The van der Waals surface area contributed by atoms with Crippen molar-refractivity contribution in [1.29, 1.82) is 0 Å². The Morgan fingerprint density at radius 2 is 1.59 bits per heavy atom. The van der Waals surface area contributed by atoms with Gasteiger partial charge in [0.1, 0.15) is 17.2 Å². The molecule has 7 nitrogen and oxygen atoms in total. The van der Waals surface area contributed by atoms with Crippen molar-refractivity contribution >= 4 is 18.0 Å². The van der Waals surface area contributed by atoms with Gasteiger partial charge in [0.2, 0.25) is 5.91 Å². The highest BCUT2D eigenvalue weighted by Gasteiger charge is 2.57. The lowest BCUT2D eigenvalue weighted by atomic mass is 9.96. The first-order valence-electron chi connectivity index (χ1n) is 9.39. The molecule has 2 saturated heterocycles. The van der Waals surface area contributed by atoms with E-state index in [9.17, 15) is 14.4 Å². The fourth-order valence-corrected chi connectivity index (χ4v) is 3.58. The molecule has 0 aromatic heterocycles. The summed E-state index contributed by atoms with van der Waals surface area (Å²) < 4.78 is 11.1. The lowest BCUT2D eigenvalue weighted by molar-refractivity contribution is -0.160. The smallest absolute Gasteiger partial charge is 0.411 e. The number of carbonyl (C=O) groups is 3. The molecule has 2 heterocycles. The van der Waals surface area contributed by atoms with Crippen LogP contribution in [0.5, 0.6) is 0 Å². The number of amides is 2. The van der Waals surface area contributed by atoms with Gasteiger partial charge >= 0.3 is 12.1 Å². The number of likely N-dealkylation sites (tertiary alicyclic amines) is 1. The number of hydrogen-bond donors (Lipinski definition) is 0. The second-order valence-electron chi connectivity index (χ2n) is 9.30. The van der Waals surface area contributed by atoms with Crippen LogP contribution in [0, 0.1) is 5.92 Å². The summed E-state index contributed by atoms with van der Waals surface area (Å²) >= 11 is 0. The van der Waals surface area contributed by atoms with Gasteiger partial charge in [-0.25, -0.2) is 9.59 Å². The Bertz CT molecular complexity index is 631. The summed E-state index contributed by atoms with van der Waals surface area (Å²) in [6.45, 7) is 16.6. The SMILES string of the molecule is C=C[C@@H]1C[C@H](C(=O)OC(C)(C)C)N(C(=O)OC(C)(C)C)[C@H]1C1CN1C(C)=O. The predicted molar refractivity (Wildman–Crippen MR) is 101 cm³/mol. The normalized spacial score (nSPS) is 28.0. The molecule has 0 spiro atoms. The molecule has 4 atom stereocenters. The van der Waals surface area contributed by atoms with E-state index < -0.39 is 29.3 Å². The topological polar surface area (TPSA) is 75.9 Å². The van der Waals surface area contributed by atoms with E-state index in [0.29, 0.717) is 13.0 Å². The first-order valence-corrected chi connectivity index (χ1v) is 9.39. The molecule has 2 rings (SSSR count). The third-order valence-corrected chi connectivity index (χ3v) is 4.63. The average molecular weight is 380 g/mol. The zero-order valence-corrected chi connectivity index (χ0v) is 17.4. The van der Waals surface area contributed by atoms with E-state index >= 15 is 0 Å². The van der Waals surface area contributed by atoms with Crippen LogP contribution >= 0.6 is 0 Å². The fraction of sp³-hybridized carbons (Fsp3) is 0.750. The molecule has 2 aliphatic rings. The Morgan fingerprint density at radius 1 is 1.04 bits per heavy atom. The van der Waals surface area contributed by atoms with Gasteiger partial charge in [0.15, 0.2) is 0 Å². The first-order chi connectivity index (χ1) is 12.2. The van der Waals surface area contributed by atoms with E-state index in [1.807, 2.05) is 0 Å². The van der Waals surface area contributed by atoms with E-state index in [1.165, 1.54) is 11.8 Å². The van der Waals surface area contributed by atoms with Crippen molar-refractivity contribution in [3.05, 3.63) is 12.7 Å². The quantitative estimate of drug-likeness (QED) is 0.427. The van der Waals surface area contributed by atoms with E-state index in [-0.39, 0.29) is 23.9 Å². The summed E-state index contributed by atoms with van der Waals surface area (Å²) in [5.74, 6) is -0.630. The molecule has 152 valence electrons. The molecule has 0 aromatic carbocycles. The lowest BCUT2D eigenvalue weighted by Gasteiger charge is -2.33. The van der Waals surface area contributed by atoms with Crippen LogP contribution in [0.4, 0.5) is 4.79 Å². The standard InChI is InChI=1S/C20H32N2O5/c1-9-13-10-14(17(24)26-19(3,4)5)22(18(25)27-20(6,7)8)16(13)15-11-21(15)12(2)23/h9,13-16H,1,10-11H2,2-8H3/t13-,14-,15?,16-,21?/m1/s1. The van der Waals surface area contributed by atoms with Gasteiger partial charge in [-0.3, -0.25) is 9.69 Å². The van der Waals surface area contributed by atoms with Gasteiger partial charge in [-0.15, -0.1) is 6.58 Å². The minimum atomic E-state index is -0.763. The maximum atomic E-state index is 13.0. The Hall–Kier alpha value is -2.05. The van der Waals surface area contributed by atoms with E-state index in [1.54, 1.807) is 52.5 Å². The van der Waals surface area contributed by atoms with Crippen LogP contribution in [0.15, 0.2) is 12.7 Å². The Morgan fingerprint density at radius 3 is 2.00 bits per heavy atom. The zero-order chi connectivity index (χ0) is 20.7. The van der Waals surface area contributed by atoms with Crippen molar-refractivity contribution < 1.29 is 23.9 Å². The molecule has 0 saturated carbocycles.